The van der Waals surface area contributed by atoms with Gasteiger partial charge in [0.05, 0.1) is 41.2 Å². The number of rotatable bonds is 9. The zero-order chi connectivity index (χ0) is 27.2. The molecule has 1 aromatic heterocycles. The molecular weight excluding hydrogens is 543 g/mol. The Hall–Kier alpha value is -2.17. The fourth-order valence-electron chi connectivity index (χ4n) is 6.07. The van der Waals surface area contributed by atoms with Gasteiger partial charge < -0.3 is 15.0 Å². The first-order chi connectivity index (χ1) is 18.7. The fraction of sp³-hybridized carbons (Fsp3) is 0.643. The molecule has 1 aliphatic heterocycles. The summed E-state index contributed by atoms with van der Waals surface area (Å²) in [7, 11) is -3.20. The highest BCUT2D eigenvalue weighted by atomic mass is 35.5. The van der Waals surface area contributed by atoms with E-state index in [1.165, 1.54) is 10.9 Å². The van der Waals surface area contributed by atoms with E-state index in [0.717, 1.165) is 57.1 Å². The van der Waals surface area contributed by atoms with Crippen molar-refractivity contribution in [2.75, 3.05) is 30.0 Å². The summed E-state index contributed by atoms with van der Waals surface area (Å²) in [6, 6.07) is 8.19. The van der Waals surface area contributed by atoms with E-state index in [1.54, 1.807) is 12.1 Å². The molecule has 212 valence electrons. The average molecular weight is 579 g/mol. The molecule has 1 N–H and O–H groups in total. The Morgan fingerprint density at radius 3 is 2.33 bits per heavy atom. The number of nitrogens with one attached hydrogen (secondary N) is 1. The van der Waals surface area contributed by atoms with E-state index < -0.39 is 15.5 Å². The first kappa shape index (κ1) is 27.0. The topological polar surface area (TPSA) is 93.5 Å². The molecule has 0 radical (unpaired) electrons. The van der Waals surface area contributed by atoms with Crippen LogP contribution in [0.1, 0.15) is 70.3 Å². The highest BCUT2D eigenvalue weighted by molar-refractivity contribution is 7.92. The Morgan fingerprint density at radius 2 is 1.74 bits per heavy atom. The maximum atomic E-state index is 14.9. The lowest BCUT2D eigenvalue weighted by molar-refractivity contribution is -0.0234. The van der Waals surface area contributed by atoms with Crippen molar-refractivity contribution in [2.24, 2.45) is 0 Å². The van der Waals surface area contributed by atoms with Gasteiger partial charge >= 0.3 is 0 Å². The highest BCUT2D eigenvalue weighted by Gasteiger charge is 2.39. The van der Waals surface area contributed by atoms with Crippen molar-refractivity contribution in [3.8, 4) is 0 Å². The van der Waals surface area contributed by atoms with Gasteiger partial charge in [0.2, 0.25) is 0 Å². The van der Waals surface area contributed by atoms with Crippen molar-refractivity contribution in [3.63, 3.8) is 0 Å². The van der Waals surface area contributed by atoms with Crippen molar-refractivity contribution in [3.05, 3.63) is 45.8 Å². The van der Waals surface area contributed by atoms with E-state index >= 15 is 0 Å². The number of ether oxygens (including phenoxy) is 1. The third kappa shape index (κ3) is 5.70. The molecule has 8 nitrogen and oxygen atoms in total. The first-order valence-corrected chi connectivity index (χ1v) is 16.1. The van der Waals surface area contributed by atoms with Crippen molar-refractivity contribution in [2.45, 2.75) is 98.1 Å². The summed E-state index contributed by atoms with van der Waals surface area (Å²) in [6.45, 7) is 0.627. The molecule has 4 aliphatic rings. The van der Waals surface area contributed by atoms with Gasteiger partial charge in [-0.1, -0.05) is 11.6 Å². The van der Waals surface area contributed by atoms with E-state index in [9.17, 15) is 17.6 Å². The summed E-state index contributed by atoms with van der Waals surface area (Å²) in [5.41, 5.74) is -0.419. The molecule has 2 aromatic rings. The molecule has 0 bridgehead atoms. The Balaban J connectivity index is 1.10. The van der Waals surface area contributed by atoms with Gasteiger partial charge in [0.25, 0.3) is 5.56 Å². The average Bonchev–Trinajstić information content (AvgIpc) is 3.85. The van der Waals surface area contributed by atoms with Crippen molar-refractivity contribution < 1.29 is 17.5 Å². The molecule has 2 heterocycles. The lowest BCUT2D eigenvalue weighted by Gasteiger charge is -2.39. The predicted octanol–water partition coefficient (Wildman–Crippen LogP) is 4.92. The largest absolute Gasteiger partial charge is 0.379 e. The lowest BCUT2D eigenvalue weighted by atomic mass is 9.89. The molecule has 1 saturated heterocycles. The van der Waals surface area contributed by atoms with Crippen LogP contribution >= 0.6 is 11.6 Å². The number of nitrogens with zero attached hydrogens (tertiary/aromatic N) is 3. The molecule has 3 aliphatic carbocycles. The van der Waals surface area contributed by atoms with Gasteiger partial charge in [-0.3, -0.25) is 4.79 Å². The minimum absolute atomic E-state index is 0.0213. The maximum Gasteiger partial charge on any atom is 0.287 e. The second kappa shape index (κ2) is 10.7. The Kier molecular flexibility index (Phi) is 7.39. The van der Waals surface area contributed by atoms with Crippen LogP contribution in [0.25, 0.3) is 0 Å². The predicted molar refractivity (Wildman–Crippen MR) is 149 cm³/mol. The number of aromatic nitrogens is 2. The minimum Gasteiger partial charge on any atom is -0.379 e. The Labute approximate surface area is 233 Å². The molecule has 0 unspecified atom stereocenters. The summed E-state index contributed by atoms with van der Waals surface area (Å²) >= 11 is 6.42. The van der Waals surface area contributed by atoms with E-state index in [4.69, 9.17) is 16.3 Å². The zero-order valence-electron chi connectivity index (χ0n) is 22.0. The SMILES string of the molecule is O=c1c(Cl)c(NC[C@@]2(F)CCCOC2)cnn1C1CCC(N(c2ccc(S(=O)(=O)C3CC3)cc2)C2CC2)CC1. The molecule has 1 atom stereocenters. The van der Waals surface area contributed by atoms with Crippen LogP contribution in [0.5, 0.6) is 0 Å². The van der Waals surface area contributed by atoms with Crippen molar-refractivity contribution >= 4 is 32.8 Å². The summed E-state index contributed by atoms with van der Waals surface area (Å²) in [4.78, 5) is 16.0. The summed E-state index contributed by atoms with van der Waals surface area (Å²) in [5, 5.41) is 7.21. The standard InChI is InChI=1S/C28H36ClFN4O4S/c29-26-25(31-17-28(30)14-1-15-38-18-28)16-32-34(27(26)35)22-6-4-20(5-7-22)33(19-2-3-19)21-8-10-23(11-9-21)39(36,37)24-12-13-24/h8-11,16,19-20,22,24,31H,1-7,12-15,17-18H2/t20?,22?,28-/m0/s1. The second-order valence-electron chi connectivity index (χ2n) is 11.6. The van der Waals surface area contributed by atoms with Crippen LogP contribution in [0.3, 0.4) is 0 Å². The summed E-state index contributed by atoms with van der Waals surface area (Å²) in [5.74, 6) is 0. The third-order valence-corrected chi connectivity index (χ3v) is 11.2. The van der Waals surface area contributed by atoms with Gasteiger partial charge in [-0.25, -0.2) is 17.5 Å². The number of hydrogen-bond acceptors (Lipinski definition) is 7. The number of benzene rings is 1. The minimum atomic E-state index is -3.20. The van der Waals surface area contributed by atoms with Gasteiger partial charge in [0.1, 0.15) is 5.02 Å². The Bertz CT molecular complexity index is 1350. The molecule has 4 fully saturated rings. The first-order valence-electron chi connectivity index (χ1n) is 14.2. The van der Waals surface area contributed by atoms with Crippen LogP contribution in [0.15, 0.2) is 40.2 Å². The van der Waals surface area contributed by atoms with Crippen molar-refractivity contribution in [1.29, 1.82) is 0 Å². The number of alkyl halides is 1. The quantitative estimate of drug-likeness (QED) is 0.451. The van der Waals surface area contributed by atoms with E-state index in [0.29, 0.717) is 42.1 Å². The molecule has 0 spiro atoms. The number of sulfone groups is 1. The van der Waals surface area contributed by atoms with Crippen LogP contribution in [0.4, 0.5) is 15.8 Å². The van der Waals surface area contributed by atoms with E-state index in [-0.39, 0.29) is 35.0 Å². The third-order valence-electron chi connectivity index (χ3n) is 8.59. The van der Waals surface area contributed by atoms with E-state index in [1.807, 2.05) is 12.1 Å². The van der Waals surface area contributed by atoms with E-state index in [2.05, 4.69) is 15.3 Å². The van der Waals surface area contributed by atoms with Gasteiger partial charge in [-0.2, -0.15) is 5.10 Å². The molecule has 3 saturated carbocycles. The van der Waals surface area contributed by atoms with Gasteiger partial charge in [-0.05, 0) is 88.5 Å². The number of hydrogen-bond donors (Lipinski definition) is 1. The molecule has 39 heavy (non-hydrogen) atoms. The zero-order valence-corrected chi connectivity index (χ0v) is 23.6. The monoisotopic (exact) mass is 578 g/mol. The molecule has 11 heteroatoms. The Morgan fingerprint density at radius 1 is 1.08 bits per heavy atom. The number of anilines is 2. The summed E-state index contributed by atoms with van der Waals surface area (Å²) < 4.78 is 46.9. The van der Waals surface area contributed by atoms with Crippen LogP contribution in [0, 0.1) is 0 Å². The smallest absolute Gasteiger partial charge is 0.287 e. The molecular formula is C28H36ClFN4O4S. The molecule has 1 aromatic carbocycles. The normalized spacial score (nSPS) is 27.7. The second-order valence-corrected chi connectivity index (χ2v) is 14.2. The van der Waals surface area contributed by atoms with Crippen LogP contribution in [-0.4, -0.2) is 61.0 Å². The van der Waals surface area contributed by atoms with Crippen LogP contribution in [-0.2, 0) is 14.6 Å². The van der Waals surface area contributed by atoms with Gasteiger partial charge in [0, 0.05) is 24.4 Å². The maximum absolute atomic E-state index is 14.9. The van der Waals surface area contributed by atoms with Crippen LogP contribution < -0.4 is 15.8 Å². The summed E-state index contributed by atoms with van der Waals surface area (Å²) in [6.07, 6.45) is 9.79. The lowest BCUT2D eigenvalue weighted by Crippen LogP contribution is -2.42. The molecule has 6 rings (SSSR count). The van der Waals surface area contributed by atoms with Gasteiger partial charge in [0.15, 0.2) is 15.5 Å². The van der Waals surface area contributed by atoms with Crippen LogP contribution in [0.2, 0.25) is 5.02 Å². The number of halogens is 2. The van der Waals surface area contributed by atoms with Gasteiger partial charge in [-0.15, -0.1) is 0 Å². The highest BCUT2D eigenvalue weighted by Crippen LogP contribution is 2.41. The fourth-order valence-corrected chi connectivity index (χ4v) is 7.93. The molecule has 0 amide bonds. The van der Waals surface area contributed by atoms with Crippen molar-refractivity contribution in [1.82, 2.24) is 9.78 Å².